The first-order valence-electron chi connectivity index (χ1n) is 8.13. The lowest BCUT2D eigenvalue weighted by atomic mass is 9.79. The van der Waals surface area contributed by atoms with Crippen molar-refractivity contribution in [3.63, 3.8) is 0 Å². The Morgan fingerprint density at radius 3 is 2.04 bits per heavy atom. The Morgan fingerprint density at radius 2 is 1.65 bits per heavy atom. The number of nitrogens with zero attached hydrogens (tertiary/aromatic N) is 1. The number of methoxy groups -OCH3 is 2. The molecule has 5 atom stereocenters. The second-order valence-electron chi connectivity index (χ2n) is 7.22. The van der Waals surface area contributed by atoms with Crippen LogP contribution in [0, 0.1) is 17.3 Å². The Hall–Kier alpha value is -0.850. The third-order valence-corrected chi connectivity index (χ3v) is 5.79. The van der Waals surface area contributed by atoms with Gasteiger partial charge in [-0.2, -0.15) is 0 Å². The Balaban J connectivity index is 0.00000192. The molecule has 6 nitrogen and oxygen atoms in total. The van der Waals surface area contributed by atoms with Gasteiger partial charge in [0.1, 0.15) is 0 Å². The highest BCUT2D eigenvalue weighted by molar-refractivity contribution is 5.85. The summed E-state index contributed by atoms with van der Waals surface area (Å²) in [5, 5.41) is 3.42. The number of carbonyl (C=O) groups excluding carboxylic acids is 2. The molecule has 1 N–H and O–H groups in total. The van der Waals surface area contributed by atoms with E-state index in [1.165, 1.54) is 14.2 Å². The average Bonchev–Trinajstić information content (AvgIpc) is 3.19. The Bertz CT molecular complexity index is 437. The summed E-state index contributed by atoms with van der Waals surface area (Å²) in [6.07, 6.45) is 3.05. The van der Waals surface area contributed by atoms with Crippen molar-refractivity contribution in [2.45, 2.75) is 38.3 Å². The molecule has 0 aliphatic carbocycles. The topological polar surface area (TPSA) is 67.9 Å². The molecular formula is C16H27ClN2O4. The zero-order valence-corrected chi connectivity index (χ0v) is 14.9. The number of esters is 2. The predicted octanol–water partition coefficient (Wildman–Crippen LogP) is 0.833. The molecular weight excluding hydrogens is 320 g/mol. The third kappa shape index (κ3) is 3.08. The minimum Gasteiger partial charge on any atom is -0.469 e. The first kappa shape index (κ1) is 18.5. The van der Waals surface area contributed by atoms with E-state index in [4.69, 9.17) is 9.47 Å². The van der Waals surface area contributed by atoms with E-state index in [0.717, 1.165) is 38.9 Å². The summed E-state index contributed by atoms with van der Waals surface area (Å²) in [4.78, 5) is 26.8. The quantitative estimate of drug-likeness (QED) is 0.761. The van der Waals surface area contributed by atoms with Crippen molar-refractivity contribution in [2.75, 3.05) is 33.9 Å². The molecule has 0 aromatic heterocycles. The van der Waals surface area contributed by atoms with Crippen LogP contribution in [0.4, 0.5) is 0 Å². The maximum Gasteiger partial charge on any atom is 0.311 e. The highest BCUT2D eigenvalue weighted by atomic mass is 35.5. The van der Waals surface area contributed by atoms with E-state index in [9.17, 15) is 9.59 Å². The van der Waals surface area contributed by atoms with Crippen LogP contribution in [-0.4, -0.2) is 62.8 Å². The standard InChI is InChI=1S/C16H26N2O4.ClH/c1-16(6-7-17-8-16)9-18-10-4-5-11(18)13(15(20)22-3)12(10)14(19)21-2;/h10-13,17H,4-9H2,1-3H3;1H. The van der Waals surface area contributed by atoms with Gasteiger partial charge in [-0.15, -0.1) is 12.4 Å². The van der Waals surface area contributed by atoms with Crippen molar-refractivity contribution < 1.29 is 19.1 Å². The molecule has 2 bridgehead atoms. The van der Waals surface area contributed by atoms with E-state index in [-0.39, 0.29) is 53.7 Å². The molecule has 0 saturated carbocycles. The number of rotatable bonds is 4. The highest BCUT2D eigenvalue weighted by Gasteiger charge is 2.60. The Morgan fingerprint density at radius 1 is 1.13 bits per heavy atom. The lowest BCUT2D eigenvalue weighted by Crippen LogP contribution is -2.41. The maximum atomic E-state index is 12.2. The molecule has 0 radical (unpaired) electrons. The zero-order chi connectivity index (χ0) is 15.9. The molecule has 3 saturated heterocycles. The van der Waals surface area contributed by atoms with Gasteiger partial charge >= 0.3 is 11.9 Å². The van der Waals surface area contributed by atoms with Crippen molar-refractivity contribution >= 4 is 24.3 Å². The van der Waals surface area contributed by atoms with Crippen LogP contribution in [0.3, 0.4) is 0 Å². The van der Waals surface area contributed by atoms with Crippen LogP contribution in [0.5, 0.6) is 0 Å². The molecule has 3 fully saturated rings. The summed E-state index contributed by atoms with van der Waals surface area (Å²) in [6, 6.07) is 0.220. The predicted molar refractivity (Wildman–Crippen MR) is 87.4 cm³/mol. The van der Waals surface area contributed by atoms with Gasteiger partial charge in [-0.3, -0.25) is 14.5 Å². The number of halogens is 1. The molecule has 23 heavy (non-hydrogen) atoms. The third-order valence-electron chi connectivity index (χ3n) is 5.79. The van der Waals surface area contributed by atoms with E-state index in [1.54, 1.807) is 0 Å². The largest absolute Gasteiger partial charge is 0.469 e. The smallest absolute Gasteiger partial charge is 0.311 e. The maximum absolute atomic E-state index is 12.2. The van der Waals surface area contributed by atoms with Crippen molar-refractivity contribution in [1.29, 1.82) is 0 Å². The Labute approximate surface area is 143 Å². The number of carbonyl (C=O) groups is 2. The molecule has 132 valence electrons. The monoisotopic (exact) mass is 346 g/mol. The molecule has 3 aliphatic heterocycles. The summed E-state index contributed by atoms with van der Waals surface area (Å²) in [5.41, 5.74) is 0.215. The van der Waals surface area contributed by atoms with Gasteiger partial charge in [0.2, 0.25) is 0 Å². The van der Waals surface area contributed by atoms with E-state index in [0.29, 0.717) is 0 Å². The van der Waals surface area contributed by atoms with Crippen molar-refractivity contribution in [2.24, 2.45) is 17.3 Å². The summed E-state index contributed by atoms with van der Waals surface area (Å²) >= 11 is 0. The van der Waals surface area contributed by atoms with Gasteiger partial charge in [0, 0.05) is 25.2 Å². The van der Waals surface area contributed by atoms with Gasteiger partial charge in [0.05, 0.1) is 26.1 Å². The fourth-order valence-electron chi connectivity index (χ4n) is 4.73. The first-order valence-corrected chi connectivity index (χ1v) is 8.13. The number of nitrogens with one attached hydrogen (secondary N) is 1. The van der Waals surface area contributed by atoms with Crippen LogP contribution in [0.15, 0.2) is 0 Å². The number of hydrogen-bond donors (Lipinski definition) is 1. The molecule has 0 aromatic rings. The van der Waals surface area contributed by atoms with E-state index < -0.39 is 0 Å². The van der Waals surface area contributed by atoms with Crippen LogP contribution < -0.4 is 5.32 Å². The lowest BCUT2D eigenvalue weighted by Gasteiger charge is -2.32. The van der Waals surface area contributed by atoms with Crippen molar-refractivity contribution in [3.05, 3.63) is 0 Å². The van der Waals surface area contributed by atoms with E-state index in [1.807, 2.05) is 0 Å². The zero-order valence-electron chi connectivity index (χ0n) is 14.0. The molecule has 3 aliphatic rings. The van der Waals surface area contributed by atoms with Gasteiger partial charge in [-0.1, -0.05) is 6.92 Å². The second kappa shape index (κ2) is 6.95. The summed E-state index contributed by atoms with van der Waals surface area (Å²) in [7, 11) is 2.80. The summed E-state index contributed by atoms with van der Waals surface area (Å²) in [6.45, 7) is 5.25. The molecule has 3 rings (SSSR count). The van der Waals surface area contributed by atoms with Gasteiger partial charge in [0.15, 0.2) is 0 Å². The average molecular weight is 347 g/mol. The normalized spacial score (nSPS) is 39.1. The van der Waals surface area contributed by atoms with Crippen LogP contribution >= 0.6 is 12.4 Å². The fourth-order valence-corrected chi connectivity index (χ4v) is 4.73. The minimum atomic E-state index is -0.380. The van der Waals surface area contributed by atoms with Crippen LogP contribution in [0.25, 0.3) is 0 Å². The SMILES string of the molecule is COC(=O)C1C(C(=O)OC)C2CCC1N2CC1(C)CCNC1.Cl. The Kier molecular flexibility index (Phi) is 5.59. The molecule has 7 heteroatoms. The van der Waals surface area contributed by atoms with E-state index >= 15 is 0 Å². The summed E-state index contributed by atoms with van der Waals surface area (Å²) in [5.74, 6) is -1.31. The second-order valence-corrected chi connectivity index (χ2v) is 7.22. The van der Waals surface area contributed by atoms with Crippen LogP contribution in [-0.2, 0) is 19.1 Å². The van der Waals surface area contributed by atoms with Gasteiger partial charge in [0.25, 0.3) is 0 Å². The molecule has 5 unspecified atom stereocenters. The van der Waals surface area contributed by atoms with Crippen molar-refractivity contribution in [3.8, 4) is 0 Å². The van der Waals surface area contributed by atoms with Gasteiger partial charge in [-0.05, 0) is 31.2 Å². The molecule has 0 spiro atoms. The molecule has 3 heterocycles. The number of fused-ring (bicyclic) bond motifs is 2. The molecule has 0 aromatic carbocycles. The van der Waals surface area contributed by atoms with Crippen molar-refractivity contribution in [1.82, 2.24) is 10.2 Å². The highest BCUT2D eigenvalue weighted by Crippen LogP contribution is 2.48. The fraction of sp³-hybridized carbons (Fsp3) is 0.875. The lowest BCUT2D eigenvalue weighted by molar-refractivity contribution is -0.157. The minimum absolute atomic E-state index is 0. The molecule has 0 amide bonds. The first-order chi connectivity index (χ1) is 10.5. The van der Waals surface area contributed by atoms with Crippen LogP contribution in [0.1, 0.15) is 26.2 Å². The van der Waals surface area contributed by atoms with Gasteiger partial charge < -0.3 is 14.8 Å². The summed E-state index contributed by atoms with van der Waals surface area (Å²) < 4.78 is 9.94. The number of hydrogen-bond acceptors (Lipinski definition) is 6. The number of ether oxygens (including phenoxy) is 2. The van der Waals surface area contributed by atoms with Crippen LogP contribution in [0.2, 0.25) is 0 Å². The van der Waals surface area contributed by atoms with Gasteiger partial charge in [-0.25, -0.2) is 0 Å². The van der Waals surface area contributed by atoms with E-state index in [2.05, 4.69) is 17.1 Å².